The van der Waals surface area contributed by atoms with Crippen LogP contribution in [0.5, 0.6) is 0 Å². The Balaban J connectivity index is 1.72. The van der Waals surface area contributed by atoms with Gasteiger partial charge in [0.15, 0.2) is 0 Å². The highest BCUT2D eigenvalue weighted by Gasteiger charge is 2.10. The number of rotatable bonds is 5. The molecule has 0 fully saturated rings. The molecule has 0 radical (unpaired) electrons. The molecule has 0 saturated heterocycles. The molecular formula is C17H15F2N3OS. The van der Waals surface area contributed by atoms with Gasteiger partial charge >= 0.3 is 0 Å². The normalized spacial score (nSPS) is 11.2. The zero-order valence-electron chi connectivity index (χ0n) is 12.9. The summed E-state index contributed by atoms with van der Waals surface area (Å²) < 4.78 is 32.9. The molecule has 0 aliphatic carbocycles. The van der Waals surface area contributed by atoms with Crippen molar-refractivity contribution in [2.45, 2.75) is 13.2 Å². The molecule has 0 atom stereocenters. The van der Waals surface area contributed by atoms with E-state index in [0.29, 0.717) is 24.7 Å². The molecule has 1 aromatic heterocycles. The Hall–Kier alpha value is -2.38. The molecule has 2 aromatic carbocycles. The number of halogens is 2. The van der Waals surface area contributed by atoms with Gasteiger partial charge in [0.25, 0.3) is 4.84 Å². The number of nitrogens with zero attached hydrogens (tertiary/aromatic N) is 3. The molecule has 0 unspecified atom stereocenters. The molecule has 124 valence electrons. The standard InChI is InChI=1S/C17H15F2N3OS/c1-21(10-12-2-6-14(18)7-3-12)11-22-17(24)23-16(20-22)13-4-8-15(19)9-5-13/h2-9H,10-11H2,1H3. The SMILES string of the molecule is CN(Cc1ccc(F)cc1)Cn1nc(-c2ccc(F)cc2)oc1=S. The third kappa shape index (κ3) is 3.93. The van der Waals surface area contributed by atoms with Crippen LogP contribution in [-0.2, 0) is 13.2 Å². The van der Waals surface area contributed by atoms with Gasteiger partial charge in [0.2, 0.25) is 5.89 Å². The first-order chi connectivity index (χ1) is 11.5. The Labute approximate surface area is 143 Å². The van der Waals surface area contributed by atoms with E-state index in [9.17, 15) is 8.78 Å². The van der Waals surface area contributed by atoms with E-state index in [2.05, 4.69) is 5.10 Å². The fraction of sp³-hybridized carbons (Fsp3) is 0.176. The van der Waals surface area contributed by atoms with Crippen LogP contribution in [0.4, 0.5) is 8.78 Å². The number of hydrogen-bond acceptors (Lipinski definition) is 4. The summed E-state index contributed by atoms with van der Waals surface area (Å²) in [6.45, 7) is 1.03. The largest absolute Gasteiger partial charge is 0.409 e. The van der Waals surface area contributed by atoms with Gasteiger partial charge in [-0.25, -0.2) is 13.5 Å². The van der Waals surface area contributed by atoms with Gasteiger partial charge in [0, 0.05) is 12.1 Å². The monoisotopic (exact) mass is 347 g/mol. The fourth-order valence-electron chi connectivity index (χ4n) is 2.28. The summed E-state index contributed by atoms with van der Waals surface area (Å²) >= 11 is 5.18. The summed E-state index contributed by atoms with van der Waals surface area (Å²) in [7, 11) is 1.90. The second-order valence-electron chi connectivity index (χ2n) is 5.46. The maximum atomic E-state index is 13.0. The van der Waals surface area contributed by atoms with Crippen molar-refractivity contribution in [1.82, 2.24) is 14.7 Å². The molecule has 24 heavy (non-hydrogen) atoms. The third-order valence-corrected chi connectivity index (χ3v) is 3.73. The average Bonchev–Trinajstić information content (AvgIpc) is 2.91. The van der Waals surface area contributed by atoms with Crippen molar-refractivity contribution in [3.8, 4) is 11.5 Å². The predicted molar refractivity (Wildman–Crippen MR) is 88.6 cm³/mol. The van der Waals surface area contributed by atoms with Crippen molar-refractivity contribution in [2.75, 3.05) is 7.05 Å². The van der Waals surface area contributed by atoms with E-state index >= 15 is 0 Å². The summed E-state index contributed by atoms with van der Waals surface area (Å²) in [5.74, 6) is -0.241. The minimum Gasteiger partial charge on any atom is -0.409 e. The minimum atomic E-state index is -0.323. The molecule has 0 amide bonds. The highest BCUT2D eigenvalue weighted by molar-refractivity contribution is 7.71. The molecule has 0 aliphatic heterocycles. The van der Waals surface area contributed by atoms with Gasteiger partial charge in [-0.2, -0.15) is 0 Å². The Morgan fingerprint density at radius 2 is 1.62 bits per heavy atom. The average molecular weight is 347 g/mol. The predicted octanol–water partition coefficient (Wildman–Crippen LogP) is 4.24. The van der Waals surface area contributed by atoms with E-state index in [0.717, 1.165) is 5.56 Å². The van der Waals surface area contributed by atoms with Crippen LogP contribution < -0.4 is 0 Å². The van der Waals surface area contributed by atoms with E-state index in [-0.39, 0.29) is 16.5 Å². The molecule has 1 heterocycles. The number of benzene rings is 2. The molecule has 3 rings (SSSR count). The Morgan fingerprint density at radius 3 is 2.25 bits per heavy atom. The topological polar surface area (TPSA) is 34.2 Å². The highest BCUT2D eigenvalue weighted by Crippen LogP contribution is 2.18. The molecular weight excluding hydrogens is 332 g/mol. The molecule has 0 aliphatic rings. The zero-order valence-corrected chi connectivity index (χ0v) is 13.8. The first-order valence-electron chi connectivity index (χ1n) is 7.28. The van der Waals surface area contributed by atoms with Crippen molar-refractivity contribution < 1.29 is 13.2 Å². The van der Waals surface area contributed by atoms with Crippen molar-refractivity contribution >= 4 is 12.2 Å². The van der Waals surface area contributed by atoms with E-state index in [1.54, 1.807) is 28.9 Å². The van der Waals surface area contributed by atoms with Gasteiger partial charge in [-0.05, 0) is 61.2 Å². The lowest BCUT2D eigenvalue weighted by atomic mass is 10.2. The number of hydrogen-bond donors (Lipinski definition) is 0. The molecule has 7 heteroatoms. The van der Waals surface area contributed by atoms with E-state index < -0.39 is 0 Å². The fourth-order valence-corrected chi connectivity index (χ4v) is 2.46. The minimum absolute atomic E-state index is 0.236. The van der Waals surface area contributed by atoms with Crippen molar-refractivity contribution in [2.24, 2.45) is 0 Å². The van der Waals surface area contributed by atoms with E-state index in [1.807, 2.05) is 11.9 Å². The van der Waals surface area contributed by atoms with Gasteiger partial charge in [-0.15, -0.1) is 5.10 Å². The van der Waals surface area contributed by atoms with Crippen LogP contribution in [0.25, 0.3) is 11.5 Å². The van der Waals surface area contributed by atoms with Gasteiger partial charge in [0.1, 0.15) is 11.6 Å². The highest BCUT2D eigenvalue weighted by atomic mass is 32.1. The third-order valence-electron chi connectivity index (χ3n) is 3.44. The smallest absolute Gasteiger partial charge is 0.288 e. The first-order valence-corrected chi connectivity index (χ1v) is 7.69. The second-order valence-corrected chi connectivity index (χ2v) is 5.81. The Morgan fingerprint density at radius 1 is 1.04 bits per heavy atom. The lowest BCUT2D eigenvalue weighted by Crippen LogP contribution is -2.22. The van der Waals surface area contributed by atoms with Gasteiger partial charge in [-0.1, -0.05) is 12.1 Å². The molecule has 0 saturated carbocycles. The van der Waals surface area contributed by atoms with Gasteiger partial charge in [0.05, 0.1) is 6.67 Å². The van der Waals surface area contributed by atoms with Gasteiger partial charge in [-0.3, -0.25) is 4.90 Å². The summed E-state index contributed by atoms with van der Waals surface area (Å²) in [4.78, 5) is 2.21. The molecule has 4 nitrogen and oxygen atoms in total. The van der Waals surface area contributed by atoms with Crippen LogP contribution in [0.15, 0.2) is 52.9 Å². The van der Waals surface area contributed by atoms with Crippen LogP contribution >= 0.6 is 12.2 Å². The summed E-state index contributed by atoms with van der Waals surface area (Å²) in [6.07, 6.45) is 0. The first kappa shape index (κ1) is 16.5. The van der Waals surface area contributed by atoms with Crippen LogP contribution in [0.1, 0.15) is 5.56 Å². The Bertz CT molecular complexity index is 872. The van der Waals surface area contributed by atoms with Crippen LogP contribution in [0.3, 0.4) is 0 Å². The van der Waals surface area contributed by atoms with Gasteiger partial charge < -0.3 is 4.42 Å². The maximum Gasteiger partial charge on any atom is 0.288 e. The number of aromatic nitrogens is 2. The van der Waals surface area contributed by atoms with Crippen LogP contribution in [0, 0.1) is 16.5 Å². The molecule has 0 bridgehead atoms. The molecule has 3 aromatic rings. The molecule has 0 spiro atoms. The summed E-state index contributed by atoms with van der Waals surface area (Å²) in [5.41, 5.74) is 1.63. The lowest BCUT2D eigenvalue weighted by molar-refractivity contribution is 0.240. The molecule has 0 N–H and O–H groups in total. The zero-order chi connectivity index (χ0) is 17.1. The summed E-state index contributed by atoms with van der Waals surface area (Å²) in [6, 6.07) is 12.2. The second kappa shape index (κ2) is 7.02. The lowest BCUT2D eigenvalue weighted by Gasteiger charge is -2.15. The summed E-state index contributed by atoms with van der Waals surface area (Å²) in [5, 5.41) is 4.33. The maximum absolute atomic E-state index is 13.0. The van der Waals surface area contributed by atoms with E-state index in [1.165, 1.54) is 24.3 Å². The van der Waals surface area contributed by atoms with Crippen molar-refractivity contribution in [1.29, 1.82) is 0 Å². The van der Waals surface area contributed by atoms with Crippen molar-refractivity contribution in [3.05, 3.63) is 70.6 Å². The van der Waals surface area contributed by atoms with Crippen LogP contribution in [0.2, 0.25) is 0 Å². The Kier molecular flexibility index (Phi) is 4.82. The van der Waals surface area contributed by atoms with Crippen LogP contribution in [-0.4, -0.2) is 21.7 Å². The van der Waals surface area contributed by atoms with Crippen molar-refractivity contribution in [3.63, 3.8) is 0 Å². The van der Waals surface area contributed by atoms with E-state index in [4.69, 9.17) is 16.6 Å². The quantitative estimate of drug-likeness (QED) is 0.647.